The minimum absolute atomic E-state index is 0.0792. The van der Waals surface area contributed by atoms with E-state index in [1.54, 1.807) is 18.2 Å². The largest absolute Gasteiger partial charge is 0.478 e. The second-order valence-corrected chi connectivity index (χ2v) is 7.63. The molecule has 0 saturated carbocycles. The number of carboxylic acids is 2. The number of nitrogens with zero attached hydrogens (tertiary/aromatic N) is 1. The maximum Gasteiger partial charge on any atom is 0.335 e. The fraction of sp³-hybridized carbons (Fsp3) is 0.0952. The number of aromatic carboxylic acids is 2. The Morgan fingerprint density at radius 2 is 1.58 bits per heavy atom. The molecule has 3 N–H and O–H groups in total. The third-order valence-corrected chi connectivity index (χ3v) is 5.17. The van der Waals surface area contributed by atoms with E-state index in [1.807, 2.05) is 19.1 Å². The van der Waals surface area contributed by atoms with Gasteiger partial charge in [-0.15, -0.1) is 0 Å². The van der Waals surface area contributed by atoms with Crippen molar-refractivity contribution in [2.24, 2.45) is 0 Å². The molecule has 31 heavy (non-hydrogen) atoms. The minimum atomic E-state index is -1.37. The maximum absolute atomic E-state index is 12.5. The lowest BCUT2D eigenvalue weighted by Crippen LogP contribution is -2.36. The van der Waals surface area contributed by atoms with Crippen molar-refractivity contribution >= 4 is 52.5 Å². The van der Waals surface area contributed by atoms with Crippen molar-refractivity contribution in [2.45, 2.75) is 6.92 Å². The van der Waals surface area contributed by atoms with E-state index in [-0.39, 0.29) is 21.7 Å². The zero-order valence-corrected chi connectivity index (χ0v) is 16.9. The predicted molar refractivity (Wildman–Crippen MR) is 113 cm³/mol. The Hall–Kier alpha value is -3.92. The number of hydrogen-bond acceptors (Lipinski definition) is 6. The number of imide groups is 1. The van der Waals surface area contributed by atoms with Crippen LogP contribution in [0.3, 0.4) is 0 Å². The molecule has 0 radical (unpaired) electrons. The minimum Gasteiger partial charge on any atom is -0.478 e. The highest BCUT2D eigenvalue weighted by Crippen LogP contribution is 2.32. The summed E-state index contributed by atoms with van der Waals surface area (Å²) in [6.07, 6.45) is 1.55. The smallest absolute Gasteiger partial charge is 0.335 e. The predicted octanol–water partition coefficient (Wildman–Crippen LogP) is 3.07. The van der Waals surface area contributed by atoms with Crippen molar-refractivity contribution < 1.29 is 34.2 Å². The van der Waals surface area contributed by atoms with Crippen molar-refractivity contribution in [3.8, 4) is 0 Å². The molecule has 3 rings (SSSR count). The number of rotatable bonds is 6. The first kappa shape index (κ1) is 21.8. The summed E-state index contributed by atoms with van der Waals surface area (Å²) in [4.78, 5) is 60.4. The number of amides is 3. The summed E-state index contributed by atoms with van der Waals surface area (Å²) in [6, 6.07) is 10.4. The molecule has 0 aromatic heterocycles. The number of carboxylic acid groups (broad SMARTS) is 2. The molecule has 1 aliphatic rings. The second-order valence-electron chi connectivity index (χ2n) is 6.64. The van der Waals surface area contributed by atoms with Crippen LogP contribution in [0.2, 0.25) is 0 Å². The molecule has 0 spiro atoms. The van der Waals surface area contributed by atoms with Gasteiger partial charge in [0.15, 0.2) is 0 Å². The topological polar surface area (TPSA) is 141 Å². The fourth-order valence-electron chi connectivity index (χ4n) is 2.74. The van der Waals surface area contributed by atoms with Gasteiger partial charge in [0.1, 0.15) is 6.54 Å². The first-order valence-electron chi connectivity index (χ1n) is 8.87. The van der Waals surface area contributed by atoms with Crippen molar-refractivity contribution in [3.05, 3.63) is 69.6 Å². The fourth-order valence-corrected chi connectivity index (χ4v) is 3.58. The van der Waals surface area contributed by atoms with Crippen LogP contribution in [-0.4, -0.2) is 50.6 Å². The highest BCUT2D eigenvalue weighted by Gasteiger charge is 2.36. The number of hydrogen-bond donors (Lipinski definition) is 3. The Kier molecular flexibility index (Phi) is 6.21. The maximum atomic E-state index is 12.5. The zero-order chi connectivity index (χ0) is 22.7. The summed E-state index contributed by atoms with van der Waals surface area (Å²) < 4.78 is 0. The quantitative estimate of drug-likeness (QED) is 0.582. The van der Waals surface area contributed by atoms with E-state index in [4.69, 9.17) is 10.2 Å². The van der Waals surface area contributed by atoms with Crippen molar-refractivity contribution in [3.63, 3.8) is 0 Å². The van der Waals surface area contributed by atoms with Gasteiger partial charge >= 0.3 is 11.9 Å². The Balaban J connectivity index is 1.74. The standard InChI is InChI=1S/C21H16N2O7S/c1-11-2-4-12(5-3-11)6-16-18(25)23(21(30)31-16)10-17(24)22-15-8-13(19(26)27)7-14(9-15)20(28)29/h2-9H,10H2,1H3,(H,22,24)(H,26,27)(H,28,29)/b16-6-. The van der Waals surface area contributed by atoms with E-state index in [9.17, 15) is 24.0 Å². The Morgan fingerprint density at radius 1 is 1.00 bits per heavy atom. The van der Waals surface area contributed by atoms with Crippen LogP contribution < -0.4 is 5.32 Å². The van der Waals surface area contributed by atoms with Crippen LogP contribution in [0.25, 0.3) is 6.08 Å². The van der Waals surface area contributed by atoms with Crippen molar-refractivity contribution in [1.29, 1.82) is 0 Å². The molecule has 9 nitrogen and oxygen atoms in total. The number of thioether (sulfide) groups is 1. The van der Waals surface area contributed by atoms with E-state index in [0.717, 1.165) is 34.2 Å². The summed E-state index contributed by atoms with van der Waals surface area (Å²) in [5.41, 5.74) is 1.03. The van der Waals surface area contributed by atoms with Gasteiger partial charge in [-0.25, -0.2) is 9.59 Å². The molecule has 1 fully saturated rings. The number of aryl methyl sites for hydroxylation is 1. The van der Waals surface area contributed by atoms with Crippen LogP contribution in [-0.2, 0) is 9.59 Å². The SMILES string of the molecule is Cc1ccc(/C=C2\SC(=O)N(CC(=O)Nc3cc(C(=O)O)cc(C(=O)O)c3)C2=O)cc1. The van der Waals surface area contributed by atoms with Crippen molar-refractivity contribution in [1.82, 2.24) is 4.90 Å². The van der Waals surface area contributed by atoms with Gasteiger partial charge in [0.05, 0.1) is 16.0 Å². The van der Waals surface area contributed by atoms with Crippen LogP contribution in [0.1, 0.15) is 31.8 Å². The normalized spacial score (nSPS) is 14.7. The first-order valence-corrected chi connectivity index (χ1v) is 9.69. The second kappa shape index (κ2) is 8.84. The van der Waals surface area contributed by atoms with E-state index < -0.39 is 35.5 Å². The number of anilines is 1. The highest BCUT2D eigenvalue weighted by molar-refractivity contribution is 8.18. The van der Waals surface area contributed by atoms with E-state index in [0.29, 0.717) is 11.8 Å². The molecule has 0 atom stereocenters. The molecule has 0 aliphatic carbocycles. The molecule has 1 saturated heterocycles. The third kappa shape index (κ3) is 5.17. The van der Waals surface area contributed by atoms with Gasteiger partial charge in [0, 0.05) is 5.69 Å². The summed E-state index contributed by atoms with van der Waals surface area (Å²) in [5.74, 6) is -4.15. The van der Waals surface area contributed by atoms with Crippen LogP contribution in [0.15, 0.2) is 47.4 Å². The van der Waals surface area contributed by atoms with Crippen LogP contribution in [0, 0.1) is 6.92 Å². The van der Waals surface area contributed by atoms with Gasteiger partial charge in [-0.2, -0.15) is 0 Å². The Labute approximate surface area is 180 Å². The van der Waals surface area contributed by atoms with Gasteiger partial charge in [-0.1, -0.05) is 29.8 Å². The van der Waals surface area contributed by atoms with Gasteiger partial charge < -0.3 is 15.5 Å². The van der Waals surface area contributed by atoms with Crippen LogP contribution in [0.5, 0.6) is 0 Å². The molecule has 3 amide bonds. The molecular formula is C21H16N2O7S. The zero-order valence-electron chi connectivity index (χ0n) is 16.1. The summed E-state index contributed by atoms with van der Waals surface area (Å²) >= 11 is 0.705. The molecule has 1 aliphatic heterocycles. The lowest BCUT2D eigenvalue weighted by atomic mass is 10.1. The number of benzene rings is 2. The first-order chi connectivity index (χ1) is 14.6. The average molecular weight is 440 g/mol. The molecular weight excluding hydrogens is 424 g/mol. The summed E-state index contributed by atoms with van der Waals surface area (Å²) in [5, 5.41) is 19.9. The number of carbonyl (C=O) groups excluding carboxylic acids is 3. The highest BCUT2D eigenvalue weighted by atomic mass is 32.2. The Bertz CT molecular complexity index is 1110. The lowest BCUT2D eigenvalue weighted by molar-refractivity contribution is -0.127. The summed E-state index contributed by atoms with van der Waals surface area (Å²) in [7, 11) is 0. The molecule has 10 heteroatoms. The molecule has 2 aromatic carbocycles. The van der Waals surface area contributed by atoms with Gasteiger partial charge in [0.2, 0.25) is 5.91 Å². The van der Waals surface area contributed by atoms with Gasteiger partial charge in [-0.05, 0) is 48.5 Å². The van der Waals surface area contributed by atoms with Crippen molar-refractivity contribution in [2.75, 3.05) is 11.9 Å². The van der Waals surface area contributed by atoms with Crippen LogP contribution >= 0.6 is 11.8 Å². The van der Waals surface area contributed by atoms with Gasteiger partial charge in [-0.3, -0.25) is 19.3 Å². The van der Waals surface area contributed by atoms with Crippen LogP contribution in [0.4, 0.5) is 10.5 Å². The molecule has 0 bridgehead atoms. The Morgan fingerprint density at radius 3 is 2.13 bits per heavy atom. The monoisotopic (exact) mass is 440 g/mol. The molecule has 2 aromatic rings. The number of nitrogens with one attached hydrogen (secondary N) is 1. The lowest BCUT2D eigenvalue weighted by Gasteiger charge is -2.13. The molecule has 158 valence electrons. The van der Waals surface area contributed by atoms with E-state index in [2.05, 4.69) is 5.32 Å². The molecule has 0 unspecified atom stereocenters. The molecule has 1 heterocycles. The average Bonchev–Trinajstić information content (AvgIpc) is 2.96. The summed E-state index contributed by atoms with van der Waals surface area (Å²) in [6.45, 7) is 1.32. The van der Waals surface area contributed by atoms with E-state index >= 15 is 0 Å². The third-order valence-electron chi connectivity index (χ3n) is 4.26. The van der Waals surface area contributed by atoms with E-state index in [1.165, 1.54) is 0 Å². The number of carbonyl (C=O) groups is 5. The van der Waals surface area contributed by atoms with Gasteiger partial charge in [0.25, 0.3) is 11.1 Å².